The van der Waals surface area contributed by atoms with Crippen molar-refractivity contribution in [2.45, 2.75) is 4.90 Å². The van der Waals surface area contributed by atoms with E-state index in [1.165, 1.54) is 25.4 Å². The molecule has 0 atom stereocenters. The molecule has 1 aromatic carbocycles. The summed E-state index contributed by atoms with van der Waals surface area (Å²) in [5.41, 5.74) is 0.449. The second-order valence-corrected chi connectivity index (χ2v) is 9.05. The van der Waals surface area contributed by atoms with E-state index in [4.69, 9.17) is 0 Å². The fourth-order valence-corrected chi connectivity index (χ4v) is 4.79. The number of carboxylic acid groups (broad SMARTS) is 1. The molecule has 29 heavy (non-hydrogen) atoms. The molecule has 3 rings (SSSR count). The van der Waals surface area contributed by atoms with Gasteiger partial charge in [0.1, 0.15) is 4.90 Å². The van der Waals surface area contributed by atoms with Gasteiger partial charge in [0.05, 0.1) is 23.9 Å². The molecule has 0 bridgehead atoms. The zero-order valence-electron chi connectivity index (χ0n) is 15.5. The number of sulfonamides is 1. The van der Waals surface area contributed by atoms with Crippen molar-refractivity contribution in [2.75, 3.05) is 41.3 Å². The molecule has 11 heteroatoms. The van der Waals surface area contributed by atoms with E-state index in [1.54, 1.807) is 6.07 Å². The number of thioether (sulfide) groups is 1. The third-order valence-corrected chi connectivity index (χ3v) is 6.57. The van der Waals surface area contributed by atoms with Gasteiger partial charge in [-0.15, -0.1) is 0 Å². The summed E-state index contributed by atoms with van der Waals surface area (Å²) < 4.78 is 32.3. The molecule has 1 saturated heterocycles. The maximum Gasteiger partial charge on any atom is 0.339 e. The lowest BCUT2D eigenvalue weighted by molar-refractivity contribution is 0.0599. The maximum absolute atomic E-state index is 12.7. The summed E-state index contributed by atoms with van der Waals surface area (Å²) in [5, 5.41) is 9.57. The predicted molar refractivity (Wildman–Crippen MR) is 109 cm³/mol. The van der Waals surface area contributed by atoms with Crippen LogP contribution < -0.4 is 9.62 Å². The van der Waals surface area contributed by atoms with Crippen molar-refractivity contribution in [1.29, 1.82) is 0 Å². The van der Waals surface area contributed by atoms with Gasteiger partial charge in [0, 0.05) is 42.7 Å². The Morgan fingerprint density at radius 1 is 1.21 bits per heavy atom. The number of pyridine rings is 1. The number of anilines is 2. The molecule has 1 aliphatic rings. The molecule has 2 aromatic rings. The first-order valence-corrected chi connectivity index (χ1v) is 11.2. The summed E-state index contributed by atoms with van der Waals surface area (Å²) in [7, 11) is -3.00. The Kier molecular flexibility index (Phi) is 6.28. The number of carboxylic acids is 1. The first kappa shape index (κ1) is 20.9. The summed E-state index contributed by atoms with van der Waals surface area (Å²) >= 11 is 1.83. The fraction of sp³-hybridized carbons (Fsp3) is 0.278. The van der Waals surface area contributed by atoms with E-state index >= 15 is 0 Å². The Labute approximate surface area is 172 Å². The molecule has 0 aliphatic carbocycles. The van der Waals surface area contributed by atoms with Crippen molar-refractivity contribution < 1.29 is 27.9 Å². The number of nitrogens with zero attached hydrogens (tertiary/aromatic N) is 2. The summed E-state index contributed by atoms with van der Waals surface area (Å²) in [6.07, 6.45) is 2.24. The van der Waals surface area contributed by atoms with Gasteiger partial charge in [-0.05, 0) is 24.3 Å². The van der Waals surface area contributed by atoms with E-state index in [0.717, 1.165) is 42.5 Å². The van der Waals surface area contributed by atoms with Gasteiger partial charge >= 0.3 is 11.9 Å². The highest BCUT2D eigenvalue weighted by Gasteiger charge is 2.22. The predicted octanol–water partition coefficient (Wildman–Crippen LogP) is 1.92. The molecule has 0 unspecified atom stereocenters. The molecule has 154 valence electrons. The van der Waals surface area contributed by atoms with Crippen LogP contribution in [0, 0.1) is 0 Å². The number of carbonyl (C=O) groups excluding carboxylic acids is 1. The number of ether oxygens (including phenoxy) is 1. The number of hydrogen-bond donors (Lipinski definition) is 2. The first-order valence-electron chi connectivity index (χ1n) is 8.58. The highest BCUT2D eigenvalue weighted by molar-refractivity contribution is 7.99. The number of rotatable bonds is 6. The van der Waals surface area contributed by atoms with Gasteiger partial charge in [-0.1, -0.05) is 0 Å². The third kappa shape index (κ3) is 4.80. The molecule has 0 saturated carbocycles. The molecule has 1 fully saturated rings. The lowest BCUT2D eigenvalue weighted by atomic mass is 10.1. The van der Waals surface area contributed by atoms with Gasteiger partial charge in [0.15, 0.2) is 0 Å². The molecule has 1 aliphatic heterocycles. The van der Waals surface area contributed by atoms with Crippen LogP contribution in [0.1, 0.15) is 20.7 Å². The zero-order valence-corrected chi connectivity index (χ0v) is 17.1. The van der Waals surface area contributed by atoms with Crippen LogP contribution in [0.5, 0.6) is 0 Å². The number of esters is 1. The van der Waals surface area contributed by atoms with Crippen LogP contribution in [0.3, 0.4) is 0 Å². The lowest BCUT2D eigenvalue weighted by Gasteiger charge is -2.29. The van der Waals surface area contributed by atoms with Crippen molar-refractivity contribution in [1.82, 2.24) is 4.98 Å². The van der Waals surface area contributed by atoms with Gasteiger partial charge in [0.25, 0.3) is 10.0 Å². The highest BCUT2D eigenvalue weighted by Crippen LogP contribution is 2.27. The van der Waals surface area contributed by atoms with Crippen LogP contribution in [0.15, 0.2) is 41.6 Å². The monoisotopic (exact) mass is 437 g/mol. The minimum atomic E-state index is -4.17. The minimum Gasteiger partial charge on any atom is -0.478 e. The van der Waals surface area contributed by atoms with Crippen LogP contribution in [0.25, 0.3) is 0 Å². The molecule has 0 amide bonds. The number of carbonyl (C=O) groups is 2. The molecule has 2 N–H and O–H groups in total. The number of nitrogens with one attached hydrogen (secondary N) is 1. The van der Waals surface area contributed by atoms with Crippen molar-refractivity contribution in [2.24, 2.45) is 0 Å². The number of hydrogen-bond acceptors (Lipinski definition) is 8. The van der Waals surface area contributed by atoms with Crippen LogP contribution in [0.2, 0.25) is 0 Å². The molecule has 9 nitrogen and oxygen atoms in total. The Morgan fingerprint density at radius 2 is 1.93 bits per heavy atom. The molecule has 0 radical (unpaired) electrons. The van der Waals surface area contributed by atoms with Crippen LogP contribution in [-0.2, 0) is 14.8 Å². The quantitative estimate of drug-likeness (QED) is 0.652. The van der Waals surface area contributed by atoms with Gasteiger partial charge in [0.2, 0.25) is 0 Å². The van der Waals surface area contributed by atoms with Crippen molar-refractivity contribution in [3.63, 3.8) is 0 Å². The van der Waals surface area contributed by atoms with Crippen LogP contribution in [0.4, 0.5) is 11.4 Å². The Balaban J connectivity index is 1.92. The number of aromatic carboxylic acids is 1. The van der Waals surface area contributed by atoms with Crippen molar-refractivity contribution in [3.05, 3.63) is 47.8 Å². The molecular formula is C18H19N3O6S2. The van der Waals surface area contributed by atoms with E-state index in [2.05, 4.69) is 19.3 Å². The lowest BCUT2D eigenvalue weighted by Crippen LogP contribution is -2.32. The van der Waals surface area contributed by atoms with Gasteiger partial charge < -0.3 is 14.7 Å². The van der Waals surface area contributed by atoms with Gasteiger partial charge in [-0.3, -0.25) is 9.71 Å². The second-order valence-electron chi connectivity index (χ2n) is 6.14. The molecular weight excluding hydrogens is 418 g/mol. The SMILES string of the molecule is COC(=O)c1cncc(S(=O)(=O)Nc2ccc(N3CCSCC3)cc2C(=O)O)c1. The van der Waals surface area contributed by atoms with E-state index in [9.17, 15) is 23.1 Å². The molecule has 1 aromatic heterocycles. The zero-order chi connectivity index (χ0) is 21.0. The van der Waals surface area contributed by atoms with E-state index in [-0.39, 0.29) is 21.7 Å². The van der Waals surface area contributed by atoms with E-state index in [1.807, 2.05) is 11.8 Å². The largest absolute Gasteiger partial charge is 0.478 e. The first-order chi connectivity index (χ1) is 13.8. The maximum atomic E-state index is 12.7. The smallest absolute Gasteiger partial charge is 0.339 e. The third-order valence-electron chi connectivity index (χ3n) is 4.30. The Bertz CT molecular complexity index is 1040. The normalized spacial score (nSPS) is 14.3. The second kappa shape index (κ2) is 8.70. The molecule has 0 spiro atoms. The average Bonchev–Trinajstić information content (AvgIpc) is 2.73. The van der Waals surface area contributed by atoms with E-state index in [0.29, 0.717) is 0 Å². The highest BCUT2D eigenvalue weighted by atomic mass is 32.2. The standard InChI is InChI=1S/C18H19N3O6S2/c1-27-18(24)12-8-14(11-19-10-12)29(25,26)20-16-3-2-13(9-15(16)17(22)23)21-4-6-28-7-5-21/h2-3,8-11,20H,4-7H2,1H3,(H,22,23). The Morgan fingerprint density at radius 3 is 2.59 bits per heavy atom. The summed E-state index contributed by atoms with van der Waals surface area (Å²) in [6.45, 7) is 1.58. The summed E-state index contributed by atoms with van der Waals surface area (Å²) in [4.78, 5) is 28.9. The topological polar surface area (TPSA) is 126 Å². The molecule has 2 heterocycles. The number of aromatic nitrogens is 1. The average molecular weight is 437 g/mol. The minimum absolute atomic E-state index is 0.0350. The van der Waals surface area contributed by atoms with E-state index < -0.39 is 22.0 Å². The van der Waals surface area contributed by atoms with Crippen molar-refractivity contribution >= 4 is 45.1 Å². The van der Waals surface area contributed by atoms with Crippen LogP contribution in [-0.4, -0.2) is 62.2 Å². The number of benzene rings is 1. The summed E-state index contributed by atoms with van der Waals surface area (Å²) in [5.74, 6) is -0.0946. The van der Waals surface area contributed by atoms with Crippen molar-refractivity contribution in [3.8, 4) is 0 Å². The number of methoxy groups -OCH3 is 1. The van der Waals surface area contributed by atoms with Crippen LogP contribution >= 0.6 is 11.8 Å². The summed E-state index contributed by atoms with van der Waals surface area (Å²) in [6, 6.07) is 5.68. The van der Waals surface area contributed by atoms with Gasteiger partial charge in [-0.25, -0.2) is 18.0 Å². The fourth-order valence-electron chi connectivity index (χ4n) is 2.82. The van der Waals surface area contributed by atoms with Gasteiger partial charge in [-0.2, -0.15) is 11.8 Å². The Hall–Kier alpha value is -2.79.